The highest BCUT2D eigenvalue weighted by molar-refractivity contribution is 7.92. The van der Waals surface area contributed by atoms with Crippen LogP contribution in [0, 0.1) is 5.41 Å². The summed E-state index contributed by atoms with van der Waals surface area (Å²) >= 11 is 0. The van der Waals surface area contributed by atoms with E-state index in [2.05, 4.69) is 43.9 Å². The number of hydrogen-bond acceptors (Lipinski definition) is 8. The molecule has 0 saturated heterocycles. The first-order valence-electron chi connectivity index (χ1n) is 11.3. The van der Waals surface area contributed by atoms with Gasteiger partial charge in [0.15, 0.2) is 0 Å². The number of carbonyl (C=O) groups excluding carboxylic acids is 1. The Balaban J connectivity index is 1.69. The molecule has 35 heavy (non-hydrogen) atoms. The van der Waals surface area contributed by atoms with Crippen LogP contribution >= 0.6 is 0 Å². The van der Waals surface area contributed by atoms with E-state index in [4.69, 9.17) is 4.74 Å². The Morgan fingerprint density at radius 3 is 2.63 bits per heavy atom. The van der Waals surface area contributed by atoms with Crippen molar-refractivity contribution in [1.29, 1.82) is 0 Å². The number of anilines is 1. The summed E-state index contributed by atoms with van der Waals surface area (Å²) in [7, 11) is -0.786. The maximum absolute atomic E-state index is 12.9. The van der Waals surface area contributed by atoms with Crippen molar-refractivity contribution < 1.29 is 17.9 Å². The van der Waals surface area contributed by atoms with E-state index in [1.807, 2.05) is 0 Å². The first kappa shape index (κ1) is 24.6. The van der Waals surface area contributed by atoms with Crippen molar-refractivity contribution in [3.05, 3.63) is 48.2 Å². The summed E-state index contributed by atoms with van der Waals surface area (Å²) in [6.45, 7) is 4.39. The molecule has 0 spiro atoms. The van der Waals surface area contributed by atoms with Gasteiger partial charge < -0.3 is 10.1 Å². The first-order valence-corrected chi connectivity index (χ1v) is 12.8. The second kappa shape index (κ2) is 9.61. The van der Waals surface area contributed by atoms with Gasteiger partial charge >= 0.3 is 0 Å². The number of hydrogen-bond donors (Lipinski definition) is 2. The molecule has 3 heterocycles. The molecule has 0 aromatic carbocycles. The van der Waals surface area contributed by atoms with Crippen LogP contribution in [-0.4, -0.2) is 46.1 Å². The second-order valence-electron chi connectivity index (χ2n) is 9.26. The van der Waals surface area contributed by atoms with E-state index in [0.717, 1.165) is 25.7 Å². The molecule has 1 amide bonds. The molecule has 1 atom stereocenters. The maximum Gasteiger partial charge on any atom is 0.269 e. The largest absolute Gasteiger partial charge is 0.437 e. The van der Waals surface area contributed by atoms with Crippen LogP contribution in [-0.2, 0) is 17.1 Å². The Morgan fingerprint density at radius 1 is 1.20 bits per heavy atom. The van der Waals surface area contributed by atoms with Gasteiger partial charge in [-0.15, -0.1) is 0 Å². The molecule has 0 bridgehead atoms. The molecule has 186 valence electrons. The normalized spacial score (nSPS) is 17.5. The minimum atomic E-state index is -3.95. The van der Waals surface area contributed by atoms with Gasteiger partial charge in [0, 0.05) is 32.3 Å². The van der Waals surface area contributed by atoms with Crippen molar-refractivity contribution in [1.82, 2.24) is 30.0 Å². The Labute approximate surface area is 204 Å². The Bertz CT molecular complexity index is 1320. The molecular formula is C23H29N7O4S. The molecule has 1 unspecified atom stereocenters. The van der Waals surface area contributed by atoms with Gasteiger partial charge in [0.1, 0.15) is 16.3 Å². The van der Waals surface area contributed by atoms with E-state index in [1.54, 1.807) is 19.2 Å². The van der Waals surface area contributed by atoms with E-state index in [-0.39, 0.29) is 39.7 Å². The van der Waals surface area contributed by atoms with E-state index >= 15 is 0 Å². The van der Waals surface area contributed by atoms with Crippen molar-refractivity contribution in [2.24, 2.45) is 12.5 Å². The lowest BCUT2D eigenvalue weighted by atomic mass is 9.67. The van der Waals surface area contributed by atoms with Gasteiger partial charge in [-0.05, 0) is 30.4 Å². The number of pyridine rings is 1. The predicted molar refractivity (Wildman–Crippen MR) is 129 cm³/mol. The van der Waals surface area contributed by atoms with Gasteiger partial charge in [-0.25, -0.2) is 23.1 Å². The van der Waals surface area contributed by atoms with Crippen LogP contribution in [0.1, 0.15) is 61.6 Å². The standard InChI is InChI=1S/C23H29N7O4S/c1-23(2)10-6-5-7-17(23)19-11-20(34-15-8-9-18(25-12-15)21(31)24-3)28-22(27-19)29-35(32,33)16-13-26-30(4)14-16/h8-9,11-14,17H,5-7,10H2,1-4H3,(H,24,31)(H,27,28,29). The lowest BCUT2D eigenvalue weighted by molar-refractivity contribution is 0.0958. The number of ether oxygens (including phenoxy) is 1. The van der Waals surface area contributed by atoms with E-state index in [9.17, 15) is 13.2 Å². The maximum atomic E-state index is 12.9. The zero-order valence-electron chi connectivity index (χ0n) is 20.1. The van der Waals surface area contributed by atoms with E-state index in [1.165, 1.54) is 36.4 Å². The molecule has 1 aliphatic rings. The predicted octanol–water partition coefficient (Wildman–Crippen LogP) is 3.24. The number of rotatable bonds is 7. The van der Waals surface area contributed by atoms with Gasteiger partial charge in [0.2, 0.25) is 11.8 Å². The van der Waals surface area contributed by atoms with Gasteiger partial charge in [0.25, 0.3) is 15.9 Å². The lowest BCUT2D eigenvalue weighted by Crippen LogP contribution is -2.27. The van der Waals surface area contributed by atoms with Crippen LogP contribution in [0.25, 0.3) is 0 Å². The Morgan fingerprint density at radius 2 is 2.00 bits per heavy atom. The average molecular weight is 500 g/mol. The van der Waals surface area contributed by atoms with Gasteiger partial charge in [-0.2, -0.15) is 10.1 Å². The summed E-state index contributed by atoms with van der Waals surface area (Å²) in [6.07, 6.45) is 8.25. The van der Waals surface area contributed by atoms with Crippen LogP contribution < -0.4 is 14.8 Å². The molecule has 1 saturated carbocycles. The number of nitrogens with one attached hydrogen (secondary N) is 2. The van der Waals surface area contributed by atoms with Crippen LogP contribution in [0.3, 0.4) is 0 Å². The summed E-state index contributed by atoms with van der Waals surface area (Å²) in [5.74, 6) is 0.239. The smallest absolute Gasteiger partial charge is 0.269 e. The average Bonchev–Trinajstić information content (AvgIpc) is 3.25. The van der Waals surface area contributed by atoms with Crippen LogP contribution in [0.15, 0.2) is 41.7 Å². The Hall–Kier alpha value is -3.54. The molecule has 12 heteroatoms. The third-order valence-corrected chi connectivity index (χ3v) is 7.51. The second-order valence-corrected chi connectivity index (χ2v) is 10.9. The topological polar surface area (TPSA) is 141 Å². The fraction of sp³-hybridized carbons (Fsp3) is 0.435. The summed E-state index contributed by atoms with van der Waals surface area (Å²) < 4.78 is 35.6. The number of aryl methyl sites for hydroxylation is 1. The molecule has 3 aromatic rings. The highest BCUT2D eigenvalue weighted by Crippen LogP contribution is 2.46. The highest BCUT2D eigenvalue weighted by Gasteiger charge is 2.35. The number of carbonyl (C=O) groups is 1. The molecule has 4 rings (SSSR count). The lowest BCUT2D eigenvalue weighted by Gasteiger charge is -2.38. The van der Waals surface area contributed by atoms with Crippen molar-refractivity contribution in [2.75, 3.05) is 11.8 Å². The molecule has 1 fully saturated rings. The fourth-order valence-corrected chi connectivity index (χ4v) is 5.23. The molecular weight excluding hydrogens is 470 g/mol. The molecule has 11 nitrogen and oxygen atoms in total. The highest BCUT2D eigenvalue weighted by atomic mass is 32.2. The van der Waals surface area contributed by atoms with E-state index in [0.29, 0.717) is 11.4 Å². The SMILES string of the molecule is CNC(=O)c1ccc(Oc2cc(C3CCCCC3(C)C)nc(NS(=O)(=O)c3cnn(C)c3)n2)cn1. The minimum absolute atomic E-state index is 0.00320. The first-order chi connectivity index (χ1) is 16.6. The summed E-state index contributed by atoms with van der Waals surface area (Å²) in [5.41, 5.74) is 0.940. The fourth-order valence-electron chi connectivity index (χ4n) is 4.30. The third kappa shape index (κ3) is 5.59. The zero-order chi connectivity index (χ0) is 25.2. The van der Waals surface area contributed by atoms with Gasteiger partial charge in [-0.1, -0.05) is 26.7 Å². The Kier molecular flexibility index (Phi) is 6.75. The van der Waals surface area contributed by atoms with Crippen LogP contribution in [0.5, 0.6) is 11.6 Å². The van der Waals surface area contributed by atoms with E-state index < -0.39 is 10.0 Å². The van der Waals surface area contributed by atoms with Crippen LogP contribution in [0.2, 0.25) is 0 Å². The number of nitrogens with zero attached hydrogens (tertiary/aromatic N) is 5. The van der Waals surface area contributed by atoms with Gasteiger partial charge in [0.05, 0.1) is 18.1 Å². The number of sulfonamides is 1. The van der Waals surface area contributed by atoms with Crippen LogP contribution in [0.4, 0.5) is 5.95 Å². The molecule has 3 aromatic heterocycles. The molecule has 1 aliphatic carbocycles. The van der Waals surface area contributed by atoms with Crippen molar-refractivity contribution in [3.63, 3.8) is 0 Å². The van der Waals surface area contributed by atoms with Gasteiger partial charge in [-0.3, -0.25) is 9.48 Å². The monoisotopic (exact) mass is 499 g/mol. The summed E-state index contributed by atoms with van der Waals surface area (Å²) in [6, 6.07) is 4.88. The summed E-state index contributed by atoms with van der Waals surface area (Å²) in [5, 5.41) is 6.44. The third-order valence-electron chi connectivity index (χ3n) is 6.22. The molecule has 0 radical (unpaired) electrons. The number of amides is 1. The van der Waals surface area contributed by atoms with Crippen molar-refractivity contribution in [2.45, 2.75) is 50.3 Å². The zero-order valence-corrected chi connectivity index (χ0v) is 21.0. The van der Waals surface area contributed by atoms with Crippen molar-refractivity contribution >= 4 is 21.9 Å². The summed E-state index contributed by atoms with van der Waals surface area (Å²) in [4.78, 5) is 24.7. The number of aromatic nitrogens is 5. The molecule has 0 aliphatic heterocycles. The van der Waals surface area contributed by atoms with Crippen molar-refractivity contribution in [3.8, 4) is 11.6 Å². The quantitative estimate of drug-likeness (QED) is 0.505. The molecule has 2 N–H and O–H groups in total. The minimum Gasteiger partial charge on any atom is -0.437 e.